The van der Waals surface area contributed by atoms with Gasteiger partial charge in [0, 0.05) is 23.9 Å². The second-order valence-corrected chi connectivity index (χ2v) is 5.30. The van der Waals surface area contributed by atoms with E-state index >= 15 is 0 Å². The molecule has 0 amide bonds. The van der Waals surface area contributed by atoms with E-state index in [4.69, 9.17) is 0 Å². The van der Waals surface area contributed by atoms with Gasteiger partial charge >= 0.3 is 0 Å². The second kappa shape index (κ2) is 5.93. The molecule has 0 radical (unpaired) electrons. The molecule has 114 valence electrons. The van der Waals surface area contributed by atoms with Crippen molar-refractivity contribution >= 4 is 0 Å². The van der Waals surface area contributed by atoms with Crippen molar-refractivity contribution in [1.29, 1.82) is 0 Å². The highest BCUT2D eigenvalue weighted by molar-refractivity contribution is 5.39. The highest BCUT2D eigenvalue weighted by Crippen LogP contribution is 2.30. The lowest BCUT2D eigenvalue weighted by molar-refractivity contribution is 0.478. The Morgan fingerprint density at radius 1 is 1.19 bits per heavy atom. The molecule has 1 N–H and O–H groups in total. The van der Waals surface area contributed by atoms with Gasteiger partial charge in [-0.1, -0.05) is 19.1 Å². The number of nitrogens with zero attached hydrogens (tertiary/aromatic N) is 2. The van der Waals surface area contributed by atoms with E-state index < -0.39 is 17.7 Å². The maximum atomic E-state index is 14.3. The number of rotatable bonds is 4. The topological polar surface area (TPSA) is 29.9 Å². The maximum absolute atomic E-state index is 14.3. The average molecular weight is 293 g/mol. The first-order valence-electron chi connectivity index (χ1n) is 7.06. The second-order valence-electron chi connectivity index (χ2n) is 5.30. The van der Waals surface area contributed by atoms with Crippen LogP contribution in [-0.2, 0) is 7.05 Å². The summed E-state index contributed by atoms with van der Waals surface area (Å²) in [5, 5.41) is 7.61. The highest BCUT2D eigenvalue weighted by Gasteiger charge is 2.25. The molecule has 1 heterocycles. The van der Waals surface area contributed by atoms with Crippen LogP contribution in [0.4, 0.5) is 8.78 Å². The first-order chi connectivity index (χ1) is 9.88. The van der Waals surface area contributed by atoms with Crippen LogP contribution in [0.3, 0.4) is 0 Å². The Balaban J connectivity index is 2.62. The molecule has 0 spiro atoms. The molecule has 3 nitrogen and oxygen atoms in total. The summed E-state index contributed by atoms with van der Waals surface area (Å²) < 4.78 is 30.0. The van der Waals surface area contributed by atoms with Crippen LogP contribution in [0.1, 0.15) is 41.0 Å². The van der Waals surface area contributed by atoms with Gasteiger partial charge in [-0.05, 0) is 32.9 Å². The van der Waals surface area contributed by atoms with Gasteiger partial charge in [-0.2, -0.15) is 5.10 Å². The van der Waals surface area contributed by atoms with E-state index in [1.807, 2.05) is 27.8 Å². The van der Waals surface area contributed by atoms with E-state index in [2.05, 4.69) is 10.4 Å². The third-order valence-electron chi connectivity index (χ3n) is 3.88. The van der Waals surface area contributed by atoms with E-state index in [1.165, 1.54) is 0 Å². The van der Waals surface area contributed by atoms with Gasteiger partial charge in [0.15, 0.2) is 11.6 Å². The number of hydrogen-bond donors (Lipinski definition) is 1. The van der Waals surface area contributed by atoms with E-state index in [9.17, 15) is 8.78 Å². The SMILES string of the molecule is CCNC(c1ccc(C)c(F)c1F)c1c(C)nn(C)c1C. The van der Waals surface area contributed by atoms with Gasteiger partial charge in [0.25, 0.3) is 0 Å². The summed E-state index contributed by atoms with van der Waals surface area (Å²) in [4.78, 5) is 0. The van der Waals surface area contributed by atoms with E-state index in [-0.39, 0.29) is 0 Å². The quantitative estimate of drug-likeness (QED) is 0.937. The molecule has 1 unspecified atom stereocenters. The summed E-state index contributed by atoms with van der Waals surface area (Å²) in [5.74, 6) is -1.57. The van der Waals surface area contributed by atoms with Crippen molar-refractivity contribution in [2.24, 2.45) is 7.05 Å². The number of benzene rings is 1. The fourth-order valence-corrected chi connectivity index (χ4v) is 2.66. The number of aromatic nitrogens is 2. The third kappa shape index (κ3) is 2.70. The van der Waals surface area contributed by atoms with Crippen molar-refractivity contribution in [2.45, 2.75) is 33.7 Å². The molecule has 0 aliphatic rings. The van der Waals surface area contributed by atoms with Crippen LogP contribution in [0.25, 0.3) is 0 Å². The standard InChI is InChI=1S/C16H21F2N3/c1-6-19-16(13-10(3)20-21(5)11(13)4)12-8-7-9(2)14(17)15(12)18/h7-8,16,19H,6H2,1-5H3. The number of aryl methyl sites for hydroxylation is 3. The van der Waals surface area contributed by atoms with Crippen molar-refractivity contribution in [3.8, 4) is 0 Å². The lowest BCUT2D eigenvalue weighted by atomic mass is 9.95. The molecule has 21 heavy (non-hydrogen) atoms. The van der Waals surface area contributed by atoms with Crippen LogP contribution in [0.5, 0.6) is 0 Å². The molecule has 0 aliphatic heterocycles. The van der Waals surface area contributed by atoms with Gasteiger partial charge in [0.2, 0.25) is 0 Å². The van der Waals surface area contributed by atoms with Gasteiger partial charge < -0.3 is 5.32 Å². The summed E-state index contributed by atoms with van der Waals surface area (Å²) in [6, 6.07) is 2.85. The van der Waals surface area contributed by atoms with Crippen molar-refractivity contribution in [3.05, 3.63) is 51.8 Å². The van der Waals surface area contributed by atoms with E-state index in [0.29, 0.717) is 17.7 Å². The van der Waals surface area contributed by atoms with Gasteiger partial charge in [-0.15, -0.1) is 0 Å². The summed E-state index contributed by atoms with van der Waals surface area (Å²) >= 11 is 0. The zero-order valence-electron chi connectivity index (χ0n) is 13.1. The van der Waals surface area contributed by atoms with Crippen molar-refractivity contribution in [1.82, 2.24) is 15.1 Å². The smallest absolute Gasteiger partial charge is 0.164 e. The normalized spacial score (nSPS) is 12.7. The number of halogens is 2. The Kier molecular flexibility index (Phi) is 4.42. The zero-order valence-corrected chi connectivity index (χ0v) is 13.1. The minimum absolute atomic E-state index is 0.311. The number of nitrogens with one attached hydrogen (secondary N) is 1. The summed E-state index contributed by atoms with van der Waals surface area (Å²) in [5.41, 5.74) is 3.30. The van der Waals surface area contributed by atoms with Gasteiger partial charge in [-0.25, -0.2) is 8.78 Å². The lowest BCUT2D eigenvalue weighted by Gasteiger charge is -2.20. The summed E-state index contributed by atoms with van der Waals surface area (Å²) in [6.45, 7) is 7.96. The van der Waals surface area contributed by atoms with Crippen molar-refractivity contribution in [3.63, 3.8) is 0 Å². The Morgan fingerprint density at radius 2 is 1.86 bits per heavy atom. The molecule has 2 rings (SSSR count). The van der Waals surface area contributed by atoms with Crippen LogP contribution < -0.4 is 5.32 Å². The molecule has 1 atom stereocenters. The Morgan fingerprint density at radius 3 is 2.38 bits per heavy atom. The molecule has 5 heteroatoms. The van der Waals surface area contributed by atoms with E-state index in [1.54, 1.807) is 23.7 Å². The highest BCUT2D eigenvalue weighted by atomic mass is 19.2. The predicted molar refractivity (Wildman–Crippen MR) is 79.3 cm³/mol. The van der Waals surface area contributed by atoms with Crippen LogP contribution in [0.2, 0.25) is 0 Å². The fraction of sp³-hybridized carbons (Fsp3) is 0.438. The average Bonchev–Trinajstić information content (AvgIpc) is 2.68. The van der Waals surface area contributed by atoms with Gasteiger partial charge in [-0.3, -0.25) is 4.68 Å². The first-order valence-corrected chi connectivity index (χ1v) is 7.06. The molecule has 0 fully saturated rings. The Hall–Kier alpha value is -1.75. The number of hydrogen-bond acceptors (Lipinski definition) is 2. The van der Waals surface area contributed by atoms with Crippen LogP contribution >= 0.6 is 0 Å². The monoisotopic (exact) mass is 293 g/mol. The van der Waals surface area contributed by atoms with Crippen LogP contribution in [-0.4, -0.2) is 16.3 Å². The van der Waals surface area contributed by atoms with Crippen LogP contribution in [0, 0.1) is 32.4 Å². The van der Waals surface area contributed by atoms with E-state index in [0.717, 1.165) is 17.0 Å². The zero-order chi connectivity index (χ0) is 15.7. The molecule has 1 aromatic carbocycles. The minimum Gasteiger partial charge on any atom is -0.306 e. The van der Waals surface area contributed by atoms with Gasteiger partial charge in [0.1, 0.15) is 0 Å². The molecule has 0 saturated heterocycles. The minimum atomic E-state index is -0.788. The lowest BCUT2D eigenvalue weighted by Crippen LogP contribution is -2.24. The molecule has 0 aliphatic carbocycles. The molecule has 1 aromatic heterocycles. The maximum Gasteiger partial charge on any atom is 0.164 e. The molecular weight excluding hydrogens is 272 g/mol. The summed E-state index contributed by atoms with van der Waals surface area (Å²) in [7, 11) is 1.85. The predicted octanol–water partition coefficient (Wildman–Crippen LogP) is 3.32. The van der Waals surface area contributed by atoms with Crippen molar-refractivity contribution < 1.29 is 8.78 Å². The molecule has 0 saturated carbocycles. The molecule has 2 aromatic rings. The largest absolute Gasteiger partial charge is 0.306 e. The van der Waals surface area contributed by atoms with Crippen LogP contribution in [0.15, 0.2) is 12.1 Å². The molecular formula is C16H21F2N3. The van der Waals surface area contributed by atoms with Crippen molar-refractivity contribution in [2.75, 3.05) is 6.54 Å². The Labute approximate surface area is 124 Å². The first kappa shape index (κ1) is 15.6. The molecule has 0 bridgehead atoms. The summed E-state index contributed by atoms with van der Waals surface area (Å²) in [6.07, 6.45) is 0. The fourth-order valence-electron chi connectivity index (χ4n) is 2.66. The third-order valence-corrected chi connectivity index (χ3v) is 3.88. The Bertz CT molecular complexity index is 662. The van der Waals surface area contributed by atoms with Gasteiger partial charge in [0.05, 0.1) is 11.7 Å².